The molecule has 3 fully saturated rings. The summed E-state index contributed by atoms with van der Waals surface area (Å²) >= 11 is 0. The van der Waals surface area contributed by atoms with Crippen molar-refractivity contribution in [3.05, 3.63) is 48.3 Å². The Morgan fingerprint density at radius 1 is 1.12 bits per heavy atom. The highest BCUT2D eigenvalue weighted by Crippen LogP contribution is 2.32. The predicted octanol–water partition coefficient (Wildman–Crippen LogP) is 3.58. The molecule has 2 saturated heterocycles. The summed E-state index contributed by atoms with van der Waals surface area (Å²) in [6, 6.07) is 10.8. The number of carbonyl (C=O) groups excluding carboxylic acids is 1. The van der Waals surface area contributed by atoms with Crippen LogP contribution in [0.25, 0.3) is 11.0 Å². The molecule has 1 saturated carbocycles. The topological polar surface area (TPSA) is 75.5 Å². The third-order valence-electron chi connectivity index (χ3n) is 7.47. The molecule has 34 heavy (non-hydrogen) atoms. The van der Waals surface area contributed by atoms with Crippen LogP contribution in [0, 0.1) is 5.92 Å². The van der Waals surface area contributed by atoms with E-state index in [4.69, 9.17) is 9.72 Å². The fourth-order valence-corrected chi connectivity index (χ4v) is 5.27. The third kappa shape index (κ3) is 4.40. The molecule has 178 valence electrons. The van der Waals surface area contributed by atoms with E-state index in [9.17, 15) is 4.79 Å². The number of anilines is 2. The van der Waals surface area contributed by atoms with E-state index in [2.05, 4.69) is 61.2 Å². The molecule has 1 aliphatic carbocycles. The van der Waals surface area contributed by atoms with Gasteiger partial charge in [-0.15, -0.1) is 0 Å². The molecular formula is C26H32N6O2. The molecule has 4 heterocycles. The number of likely N-dealkylation sites (tertiary alicyclic amines) is 1. The fourth-order valence-electron chi connectivity index (χ4n) is 5.27. The van der Waals surface area contributed by atoms with Gasteiger partial charge in [0.05, 0.1) is 19.3 Å². The monoisotopic (exact) mass is 460 g/mol. The molecule has 2 aromatic heterocycles. The molecule has 1 aromatic carbocycles. The van der Waals surface area contributed by atoms with E-state index in [1.54, 1.807) is 0 Å². The third-order valence-corrected chi connectivity index (χ3v) is 7.47. The van der Waals surface area contributed by atoms with Crippen molar-refractivity contribution >= 4 is 28.6 Å². The lowest BCUT2D eigenvalue weighted by molar-refractivity contribution is -0.137. The second-order valence-electron chi connectivity index (χ2n) is 9.76. The number of aromatic nitrogens is 3. The van der Waals surface area contributed by atoms with Gasteiger partial charge >= 0.3 is 0 Å². The van der Waals surface area contributed by atoms with Gasteiger partial charge in [-0.25, -0.2) is 4.98 Å². The highest BCUT2D eigenvalue weighted by molar-refractivity contribution is 5.80. The molecule has 1 unspecified atom stereocenters. The minimum absolute atomic E-state index is 0.261. The first-order valence-electron chi connectivity index (χ1n) is 12.5. The number of fused-ring (bicyclic) bond motifs is 1. The van der Waals surface area contributed by atoms with Crippen molar-refractivity contribution in [2.75, 3.05) is 44.7 Å². The molecule has 2 aliphatic heterocycles. The number of carbonyl (C=O) groups is 1. The number of nitrogens with one attached hydrogen (secondary N) is 1. The summed E-state index contributed by atoms with van der Waals surface area (Å²) < 4.78 is 7.69. The van der Waals surface area contributed by atoms with Crippen LogP contribution < -0.4 is 5.32 Å². The summed E-state index contributed by atoms with van der Waals surface area (Å²) in [5.41, 5.74) is 3.17. The first-order chi connectivity index (χ1) is 16.7. The zero-order valence-electron chi connectivity index (χ0n) is 19.5. The Morgan fingerprint density at radius 2 is 2.00 bits per heavy atom. The van der Waals surface area contributed by atoms with Crippen LogP contribution >= 0.6 is 0 Å². The summed E-state index contributed by atoms with van der Waals surface area (Å²) in [4.78, 5) is 26.6. The molecule has 1 N–H and O–H groups in total. The van der Waals surface area contributed by atoms with Crippen molar-refractivity contribution in [1.29, 1.82) is 0 Å². The van der Waals surface area contributed by atoms with Crippen LogP contribution in [-0.2, 0) is 16.1 Å². The number of rotatable bonds is 6. The van der Waals surface area contributed by atoms with E-state index in [1.807, 2.05) is 6.20 Å². The molecule has 0 radical (unpaired) electrons. The fraction of sp³-hybridized carbons (Fsp3) is 0.500. The Morgan fingerprint density at radius 3 is 2.82 bits per heavy atom. The first kappa shape index (κ1) is 21.6. The largest absolute Gasteiger partial charge is 0.379 e. The second-order valence-corrected chi connectivity index (χ2v) is 9.76. The van der Waals surface area contributed by atoms with Crippen LogP contribution in [0.3, 0.4) is 0 Å². The van der Waals surface area contributed by atoms with Crippen LogP contribution in [0.15, 0.2) is 42.7 Å². The van der Waals surface area contributed by atoms with Crippen molar-refractivity contribution in [3.8, 4) is 0 Å². The van der Waals surface area contributed by atoms with Crippen LogP contribution in [0.2, 0.25) is 0 Å². The first-order valence-corrected chi connectivity index (χ1v) is 12.5. The van der Waals surface area contributed by atoms with Crippen molar-refractivity contribution in [1.82, 2.24) is 24.3 Å². The highest BCUT2D eigenvalue weighted by atomic mass is 16.5. The van der Waals surface area contributed by atoms with Gasteiger partial charge in [-0.3, -0.25) is 9.69 Å². The van der Waals surface area contributed by atoms with Gasteiger partial charge in [-0.2, -0.15) is 4.98 Å². The van der Waals surface area contributed by atoms with Crippen molar-refractivity contribution < 1.29 is 9.53 Å². The average Bonchev–Trinajstić information content (AvgIpc) is 3.46. The lowest BCUT2D eigenvalue weighted by Gasteiger charge is -2.29. The van der Waals surface area contributed by atoms with Crippen LogP contribution in [0.5, 0.6) is 0 Å². The predicted molar refractivity (Wildman–Crippen MR) is 131 cm³/mol. The van der Waals surface area contributed by atoms with Gasteiger partial charge < -0.3 is 19.5 Å². The zero-order chi connectivity index (χ0) is 22.9. The van der Waals surface area contributed by atoms with Crippen LogP contribution in [0.1, 0.15) is 37.3 Å². The minimum Gasteiger partial charge on any atom is -0.379 e. The molecule has 8 nitrogen and oxygen atoms in total. The van der Waals surface area contributed by atoms with Crippen molar-refractivity contribution in [3.63, 3.8) is 0 Å². The van der Waals surface area contributed by atoms with Crippen LogP contribution in [-0.4, -0.2) is 69.6 Å². The van der Waals surface area contributed by atoms with Gasteiger partial charge in [-0.05, 0) is 43.0 Å². The number of ether oxygens (including phenoxy) is 1. The lowest BCUT2D eigenvalue weighted by atomic mass is 9.84. The Balaban J connectivity index is 1.16. The molecule has 8 heteroatoms. The van der Waals surface area contributed by atoms with E-state index in [0.29, 0.717) is 11.9 Å². The summed E-state index contributed by atoms with van der Waals surface area (Å²) in [5, 5.41) is 4.42. The van der Waals surface area contributed by atoms with Crippen LogP contribution in [0.4, 0.5) is 11.6 Å². The summed E-state index contributed by atoms with van der Waals surface area (Å²) in [6.07, 6.45) is 8.25. The van der Waals surface area contributed by atoms with Gasteiger partial charge in [0.1, 0.15) is 5.65 Å². The maximum atomic E-state index is 12.7. The van der Waals surface area contributed by atoms with Gasteiger partial charge in [-0.1, -0.05) is 18.6 Å². The van der Waals surface area contributed by atoms with Crippen molar-refractivity contribution in [2.45, 2.75) is 38.3 Å². The van der Waals surface area contributed by atoms with Crippen molar-refractivity contribution in [2.24, 2.45) is 5.92 Å². The SMILES string of the molecule is O=C(C1CCC1)N1CCC(n2ccc3cnc(Nc4cccc(CN5CCOCC5)c4)nc32)C1. The molecule has 0 bridgehead atoms. The molecule has 3 aliphatic rings. The molecule has 1 amide bonds. The number of benzene rings is 1. The number of hydrogen-bond acceptors (Lipinski definition) is 6. The summed E-state index contributed by atoms with van der Waals surface area (Å²) in [7, 11) is 0. The number of morpholine rings is 1. The normalized spacial score (nSPS) is 21.6. The number of nitrogens with zero attached hydrogens (tertiary/aromatic N) is 5. The maximum Gasteiger partial charge on any atom is 0.229 e. The molecule has 6 rings (SSSR count). The zero-order valence-corrected chi connectivity index (χ0v) is 19.5. The Labute approximate surface area is 199 Å². The molecule has 1 atom stereocenters. The molecule has 0 spiro atoms. The quantitative estimate of drug-likeness (QED) is 0.606. The standard InChI is InChI=1S/C26H32N6O2/c33-25(20-4-2-5-20)31-9-8-23(18-31)32-10-7-21-16-27-26(29-24(21)32)28-22-6-1-3-19(15-22)17-30-11-13-34-14-12-30/h1,3,6-7,10,15-16,20,23H,2,4-5,8-9,11-14,17-18H2,(H,27,28,29). The van der Waals surface area contributed by atoms with Gasteiger partial charge in [0.25, 0.3) is 0 Å². The molecule has 3 aromatic rings. The lowest BCUT2D eigenvalue weighted by Crippen LogP contribution is -2.37. The van der Waals surface area contributed by atoms with E-state index < -0.39 is 0 Å². The second kappa shape index (κ2) is 9.35. The Kier molecular flexibility index (Phi) is 5.93. The van der Waals surface area contributed by atoms with E-state index in [0.717, 1.165) is 81.9 Å². The number of hydrogen-bond donors (Lipinski definition) is 1. The van der Waals surface area contributed by atoms with Gasteiger partial charge in [0, 0.05) is 62.1 Å². The maximum absolute atomic E-state index is 12.7. The summed E-state index contributed by atoms with van der Waals surface area (Å²) in [6.45, 7) is 6.08. The highest BCUT2D eigenvalue weighted by Gasteiger charge is 2.34. The van der Waals surface area contributed by atoms with E-state index in [-0.39, 0.29) is 12.0 Å². The number of amides is 1. The smallest absolute Gasteiger partial charge is 0.229 e. The van der Waals surface area contributed by atoms with E-state index in [1.165, 1.54) is 12.0 Å². The van der Waals surface area contributed by atoms with Gasteiger partial charge in [0.15, 0.2) is 0 Å². The van der Waals surface area contributed by atoms with Gasteiger partial charge in [0.2, 0.25) is 11.9 Å². The molecular weight excluding hydrogens is 428 g/mol. The Bertz CT molecular complexity index is 1170. The Hall–Kier alpha value is -2.97. The van der Waals surface area contributed by atoms with E-state index >= 15 is 0 Å². The summed E-state index contributed by atoms with van der Waals surface area (Å²) in [5.74, 6) is 1.20. The minimum atomic E-state index is 0.261. The average molecular weight is 461 g/mol.